The topological polar surface area (TPSA) is 67.9 Å². The predicted octanol–water partition coefficient (Wildman–Crippen LogP) is 2.70. The number of hydrogen-bond acceptors (Lipinski definition) is 6. The summed E-state index contributed by atoms with van der Waals surface area (Å²) >= 11 is 1.49. The Hall–Kier alpha value is -2.38. The molecule has 2 heterocycles. The average molecular weight is 374 g/mol. The molecule has 1 aromatic heterocycles. The predicted molar refractivity (Wildman–Crippen MR) is 102 cm³/mol. The van der Waals surface area contributed by atoms with E-state index in [9.17, 15) is 9.59 Å². The van der Waals surface area contributed by atoms with Gasteiger partial charge in [0.25, 0.3) is 5.91 Å². The Balaban J connectivity index is 1.49. The van der Waals surface area contributed by atoms with E-state index in [2.05, 4.69) is 10.2 Å². The monoisotopic (exact) mass is 374 g/mol. The van der Waals surface area contributed by atoms with Crippen LogP contribution in [0.15, 0.2) is 41.8 Å². The molecule has 1 aliphatic rings. The third-order valence-electron chi connectivity index (χ3n) is 4.09. The summed E-state index contributed by atoms with van der Waals surface area (Å²) in [4.78, 5) is 27.3. The lowest BCUT2D eigenvalue weighted by atomic mass is 10.2. The Kier molecular flexibility index (Phi) is 6.25. The number of nitrogens with zero attached hydrogens (tertiary/aromatic N) is 1. The first kappa shape index (κ1) is 18.4. The van der Waals surface area contributed by atoms with Crippen molar-refractivity contribution in [3.8, 4) is 0 Å². The summed E-state index contributed by atoms with van der Waals surface area (Å²) in [7, 11) is 0. The number of esters is 1. The van der Waals surface area contributed by atoms with Crippen molar-refractivity contribution >= 4 is 34.6 Å². The first-order valence-corrected chi connectivity index (χ1v) is 9.45. The highest BCUT2D eigenvalue weighted by Gasteiger charge is 2.18. The molecule has 1 aromatic carbocycles. The minimum absolute atomic E-state index is 0.184. The van der Waals surface area contributed by atoms with Crippen LogP contribution in [0.3, 0.4) is 0 Å². The van der Waals surface area contributed by atoms with E-state index in [1.807, 2.05) is 41.8 Å². The first-order chi connectivity index (χ1) is 12.6. The number of anilines is 2. The summed E-state index contributed by atoms with van der Waals surface area (Å²) in [5.74, 6) is -0.749. The number of carbonyl (C=O) groups is 2. The highest BCUT2D eigenvalue weighted by Crippen LogP contribution is 2.19. The van der Waals surface area contributed by atoms with Gasteiger partial charge in [-0.3, -0.25) is 9.59 Å². The number of hydrogen-bond donors (Lipinski definition) is 1. The number of rotatable bonds is 6. The van der Waals surface area contributed by atoms with Gasteiger partial charge in [-0.05, 0) is 42.6 Å². The van der Waals surface area contributed by atoms with Gasteiger partial charge in [0.2, 0.25) is 0 Å². The molecule has 0 bridgehead atoms. The van der Waals surface area contributed by atoms with Crippen LogP contribution in [-0.2, 0) is 25.5 Å². The third-order valence-corrected chi connectivity index (χ3v) is 4.96. The van der Waals surface area contributed by atoms with E-state index >= 15 is 0 Å². The molecule has 0 radical (unpaired) electrons. The van der Waals surface area contributed by atoms with Crippen molar-refractivity contribution in [2.24, 2.45) is 0 Å². The van der Waals surface area contributed by atoms with Crippen LogP contribution in [-0.4, -0.2) is 44.3 Å². The van der Waals surface area contributed by atoms with Crippen LogP contribution in [0.4, 0.5) is 11.4 Å². The van der Waals surface area contributed by atoms with Crippen LogP contribution >= 0.6 is 11.3 Å². The van der Waals surface area contributed by atoms with Gasteiger partial charge in [0, 0.05) is 29.3 Å². The Morgan fingerprint density at radius 1 is 1.23 bits per heavy atom. The third kappa shape index (κ3) is 5.06. The molecule has 26 heavy (non-hydrogen) atoms. The van der Waals surface area contributed by atoms with E-state index in [0.717, 1.165) is 36.9 Å². The zero-order valence-electron chi connectivity index (χ0n) is 14.6. The highest BCUT2D eigenvalue weighted by atomic mass is 32.1. The summed E-state index contributed by atoms with van der Waals surface area (Å²) < 4.78 is 10.6. The van der Waals surface area contributed by atoms with Gasteiger partial charge in [0.15, 0.2) is 6.10 Å². The van der Waals surface area contributed by atoms with Gasteiger partial charge in [0.1, 0.15) is 0 Å². The van der Waals surface area contributed by atoms with Crippen LogP contribution in [0.5, 0.6) is 0 Å². The molecule has 0 aliphatic carbocycles. The minimum atomic E-state index is -0.846. The fraction of sp³-hybridized carbons (Fsp3) is 0.368. The minimum Gasteiger partial charge on any atom is -0.452 e. The lowest BCUT2D eigenvalue weighted by Gasteiger charge is -2.28. The molecule has 1 aliphatic heterocycles. The van der Waals surface area contributed by atoms with E-state index < -0.39 is 12.1 Å². The number of morpholine rings is 1. The normalized spacial score (nSPS) is 15.3. The number of carbonyl (C=O) groups excluding carboxylic acids is 2. The highest BCUT2D eigenvalue weighted by molar-refractivity contribution is 7.10. The summed E-state index contributed by atoms with van der Waals surface area (Å²) in [6.07, 6.45) is -0.662. The fourth-order valence-electron chi connectivity index (χ4n) is 2.67. The standard InChI is InChI=1S/C19H22N2O4S/c1-14(25-18(22)13-17-3-2-12-26-17)19(23)20-15-4-6-16(7-5-15)21-8-10-24-11-9-21/h2-7,12,14H,8-11,13H2,1H3,(H,20,23)/t14-/m1/s1. The molecule has 0 saturated carbocycles. The Morgan fingerprint density at radius 2 is 1.96 bits per heavy atom. The Labute approximate surface area is 156 Å². The first-order valence-electron chi connectivity index (χ1n) is 8.57. The van der Waals surface area contributed by atoms with Crippen molar-refractivity contribution in [1.29, 1.82) is 0 Å². The number of thiophene rings is 1. The van der Waals surface area contributed by atoms with Crippen molar-refractivity contribution in [2.45, 2.75) is 19.4 Å². The van der Waals surface area contributed by atoms with Gasteiger partial charge in [-0.1, -0.05) is 6.07 Å². The SMILES string of the molecule is C[C@@H](OC(=O)Cc1cccs1)C(=O)Nc1ccc(N2CCOCC2)cc1. The second-order valence-corrected chi connectivity index (χ2v) is 7.06. The van der Waals surface area contributed by atoms with Crippen LogP contribution in [0.1, 0.15) is 11.8 Å². The zero-order chi connectivity index (χ0) is 18.4. The van der Waals surface area contributed by atoms with E-state index in [4.69, 9.17) is 9.47 Å². The quantitative estimate of drug-likeness (QED) is 0.788. The summed E-state index contributed by atoms with van der Waals surface area (Å²) in [6.45, 7) is 4.76. The van der Waals surface area contributed by atoms with Gasteiger partial charge in [-0.2, -0.15) is 0 Å². The number of amides is 1. The van der Waals surface area contributed by atoms with Crippen molar-refractivity contribution < 1.29 is 19.1 Å². The van der Waals surface area contributed by atoms with Crippen molar-refractivity contribution in [3.05, 3.63) is 46.7 Å². The van der Waals surface area contributed by atoms with Gasteiger partial charge < -0.3 is 19.7 Å². The van der Waals surface area contributed by atoms with Crippen molar-refractivity contribution in [2.75, 3.05) is 36.5 Å². The molecule has 1 N–H and O–H groups in total. The summed E-state index contributed by atoms with van der Waals surface area (Å²) in [5.41, 5.74) is 1.77. The molecule has 3 rings (SSSR count). The van der Waals surface area contributed by atoms with Crippen LogP contribution in [0.2, 0.25) is 0 Å². The molecule has 1 saturated heterocycles. The second-order valence-electron chi connectivity index (χ2n) is 6.02. The van der Waals surface area contributed by atoms with Gasteiger partial charge in [0.05, 0.1) is 19.6 Å². The molecule has 2 aromatic rings. The largest absolute Gasteiger partial charge is 0.452 e. The molecule has 1 amide bonds. The molecule has 7 heteroatoms. The maximum absolute atomic E-state index is 12.2. The summed E-state index contributed by atoms with van der Waals surface area (Å²) in [5, 5.41) is 4.68. The molecule has 1 fully saturated rings. The van der Waals surface area contributed by atoms with Crippen LogP contribution < -0.4 is 10.2 Å². The van der Waals surface area contributed by atoms with Gasteiger partial charge in [-0.15, -0.1) is 11.3 Å². The molecular formula is C19H22N2O4S. The lowest BCUT2D eigenvalue weighted by Crippen LogP contribution is -2.36. The fourth-order valence-corrected chi connectivity index (χ4v) is 3.36. The van der Waals surface area contributed by atoms with E-state index in [0.29, 0.717) is 5.69 Å². The molecule has 0 spiro atoms. The Bertz CT molecular complexity index is 725. The van der Waals surface area contributed by atoms with Crippen LogP contribution in [0.25, 0.3) is 0 Å². The number of ether oxygens (including phenoxy) is 2. The smallest absolute Gasteiger partial charge is 0.311 e. The maximum Gasteiger partial charge on any atom is 0.311 e. The van der Waals surface area contributed by atoms with Crippen molar-refractivity contribution in [3.63, 3.8) is 0 Å². The molecular weight excluding hydrogens is 352 g/mol. The molecule has 138 valence electrons. The second kappa shape index (κ2) is 8.82. The van der Waals surface area contributed by atoms with Gasteiger partial charge in [-0.25, -0.2) is 0 Å². The van der Waals surface area contributed by atoms with Crippen LogP contribution in [0, 0.1) is 0 Å². The molecule has 0 unspecified atom stereocenters. The average Bonchev–Trinajstić information content (AvgIpc) is 3.16. The maximum atomic E-state index is 12.2. The zero-order valence-corrected chi connectivity index (χ0v) is 15.5. The van der Waals surface area contributed by atoms with Gasteiger partial charge >= 0.3 is 5.97 Å². The molecule has 1 atom stereocenters. The Morgan fingerprint density at radius 3 is 2.62 bits per heavy atom. The number of nitrogens with one attached hydrogen (secondary N) is 1. The van der Waals surface area contributed by atoms with E-state index in [1.54, 1.807) is 6.92 Å². The lowest BCUT2D eigenvalue weighted by molar-refractivity contribution is -0.152. The number of benzene rings is 1. The van der Waals surface area contributed by atoms with Crippen molar-refractivity contribution in [1.82, 2.24) is 0 Å². The van der Waals surface area contributed by atoms with E-state index in [1.165, 1.54) is 11.3 Å². The van der Waals surface area contributed by atoms with E-state index in [-0.39, 0.29) is 12.3 Å². The molecule has 6 nitrogen and oxygen atoms in total. The summed E-state index contributed by atoms with van der Waals surface area (Å²) in [6, 6.07) is 11.4.